The van der Waals surface area contributed by atoms with E-state index >= 15 is 0 Å². The quantitative estimate of drug-likeness (QED) is 0.765. The Morgan fingerprint density at radius 2 is 1.56 bits per heavy atom. The van der Waals surface area contributed by atoms with Crippen molar-refractivity contribution in [2.75, 3.05) is 26.3 Å². The maximum atomic E-state index is 12.2. The number of aliphatic hydroxyl groups is 2. The van der Waals surface area contributed by atoms with Crippen LogP contribution in [0.15, 0.2) is 24.3 Å². The van der Waals surface area contributed by atoms with Gasteiger partial charge in [0.2, 0.25) is 0 Å². The smallest absolute Gasteiger partial charge is 0.253 e. The molecule has 2 N–H and O–H groups in total. The molecule has 4 heteroatoms. The number of amides is 1. The molecule has 18 heavy (non-hydrogen) atoms. The normalized spacial score (nSPS) is 10.4. The molecular weight excluding hydrogens is 230 g/mol. The number of rotatable bonds is 7. The summed E-state index contributed by atoms with van der Waals surface area (Å²) < 4.78 is 0. The second-order valence-electron chi connectivity index (χ2n) is 4.31. The van der Waals surface area contributed by atoms with Crippen LogP contribution in [0.5, 0.6) is 0 Å². The van der Waals surface area contributed by atoms with Crippen molar-refractivity contribution < 1.29 is 15.0 Å². The molecule has 0 aliphatic heterocycles. The Kier molecular flexibility index (Phi) is 6.39. The number of carbonyl (C=O) groups is 1. The van der Waals surface area contributed by atoms with Crippen molar-refractivity contribution in [3.63, 3.8) is 0 Å². The molecule has 0 bridgehead atoms. The number of nitrogens with zero attached hydrogens (tertiary/aromatic N) is 1. The number of aliphatic hydroxyl groups excluding tert-OH is 2. The highest BCUT2D eigenvalue weighted by Gasteiger charge is 2.14. The van der Waals surface area contributed by atoms with Gasteiger partial charge in [-0.05, 0) is 31.9 Å². The van der Waals surface area contributed by atoms with Gasteiger partial charge in [-0.15, -0.1) is 0 Å². The molecule has 0 spiro atoms. The lowest BCUT2D eigenvalue weighted by Crippen LogP contribution is -2.33. The highest BCUT2D eigenvalue weighted by Crippen LogP contribution is 2.08. The maximum Gasteiger partial charge on any atom is 0.253 e. The van der Waals surface area contributed by atoms with E-state index in [1.54, 1.807) is 4.90 Å². The number of benzene rings is 1. The van der Waals surface area contributed by atoms with Crippen molar-refractivity contribution in [1.29, 1.82) is 0 Å². The first-order valence-corrected chi connectivity index (χ1v) is 6.26. The number of carbonyl (C=O) groups excluding carboxylic acids is 1. The minimum atomic E-state index is -0.0445. The van der Waals surface area contributed by atoms with Gasteiger partial charge in [0.25, 0.3) is 5.91 Å². The van der Waals surface area contributed by atoms with E-state index in [0.29, 0.717) is 31.5 Å². The lowest BCUT2D eigenvalue weighted by Gasteiger charge is -2.22. The second-order valence-corrected chi connectivity index (χ2v) is 4.31. The van der Waals surface area contributed by atoms with E-state index in [4.69, 9.17) is 10.2 Å². The van der Waals surface area contributed by atoms with Crippen LogP contribution in [0, 0.1) is 6.92 Å². The van der Waals surface area contributed by atoms with Gasteiger partial charge < -0.3 is 15.1 Å². The summed E-state index contributed by atoms with van der Waals surface area (Å²) in [6.07, 6.45) is 1.12. The van der Waals surface area contributed by atoms with Crippen molar-refractivity contribution in [2.24, 2.45) is 0 Å². The van der Waals surface area contributed by atoms with Crippen molar-refractivity contribution >= 4 is 5.91 Å². The van der Waals surface area contributed by atoms with Crippen LogP contribution >= 0.6 is 0 Å². The number of aryl methyl sites for hydroxylation is 1. The third-order valence-corrected chi connectivity index (χ3v) is 2.76. The summed E-state index contributed by atoms with van der Waals surface area (Å²) in [5.74, 6) is -0.0445. The molecule has 0 saturated carbocycles. The van der Waals surface area contributed by atoms with E-state index in [9.17, 15) is 4.79 Å². The fourth-order valence-electron chi connectivity index (χ4n) is 1.72. The molecule has 0 aliphatic carbocycles. The van der Waals surface area contributed by atoms with E-state index < -0.39 is 0 Å². The minimum Gasteiger partial charge on any atom is -0.396 e. The third kappa shape index (κ3) is 4.47. The first-order valence-electron chi connectivity index (χ1n) is 6.26. The van der Waals surface area contributed by atoms with Crippen molar-refractivity contribution in [1.82, 2.24) is 4.90 Å². The summed E-state index contributed by atoms with van der Waals surface area (Å²) in [4.78, 5) is 13.9. The highest BCUT2D eigenvalue weighted by molar-refractivity contribution is 5.94. The summed E-state index contributed by atoms with van der Waals surface area (Å²) in [6.45, 7) is 3.14. The molecule has 0 saturated heterocycles. The summed E-state index contributed by atoms with van der Waals surface area (Å²) in [5.41, 5.74) is 1.76. The van der Waals surface area contributed by atoms with Crippen LogP contribution in [-0.4, -0.2) is 47.3 Å². The van der Waals surface area contributed by atoms with Gasteiger partial charge in [0.1, 0.15) is 0 Å². The van der Waals surface area contributed by atoms with E-state index in [-0.39, 0.29) is 19.1 Å². The minimum absolute atomic E-state index is 0.0445. The van der Waals surface area contributed by atoms with Gasteiger partial charge in [-0.1, -0.05) is 17.7 Å². The maximum absolute atomic E-state index is 12.2. The molecule has 0 radical (unpaired) electrons. The molecule has 1 rings (SSSR count). The van der Waals surface area contributed by atoms with Gasteiger partial charge in [-0.3, -0.25) is 4.79 Å². The molecule has 100 valence electrons. The second kappa shape index (κ2) is 7.84. The average molecular weight is 251 g/mol. The molecule has 4 nitrogen and oxygen atoms in total. The Balaban J connectivity index is 2.70. The highest BCUT2D eigenvalue weighted by atomic mass is 16.3. The van der Waals surface area contributed by atoms with Gasteiger partial charge in [0, 0.05) is 31.9 Å². The predicted molar refractivity (Wildman–Crippen MR) is 70.5 cm³/mol. The molecule has 0 fully saturated rings. The molecule has 1 amide bonds. The third-order valence-electron chi connectivity index (χ3n) is 2.76. The zero-order chi connectivity index (χ0) is 13.4. The van der Waals surface area contributed by atoms with Gasteiger partial charge in [-0.25, -0.2) is 0 Å². The zero-order valence-electron chi connectivity index (χ0n) is 10.8. The van der Waals surface area contributed by atoms with Crippen LogP contribution in [-0.2, 0) is 0 Å². The average Bonchev–Trinajstić information content (AvgIpc) is 2.39. The lowest BCUT2D eigenvalue weighted by molar-refractivity contribution is 0.0734. The summed E-state index contributed by atoms with van der Waals surface area (Å²) >= 11 is 0. The van der Waals surface area contributed by atoms with Crippen LogP contribution < -0.4 is 0 Å². The Labute approximate surface area is 108 Å². The fraction of sp³-hybridized carbons (Fsp3) is 0.500. The largest absolute Gasteiger partial charge is 0.396 e. The summed E-state index contributed by atoms with van der Waals surface area (Å²) in [6, 6.07) is 7.43. The first-order chi connectivity index (χ1) is 8.69. The monoisotopic (exact) mass is 251 g/mol. The van der Waals surface area contributed by atoms with Crippen LogP contribution in [0.25, 0.3) is 0 Å². The molecule has 0 heterocycles. The van der Waals surface area contributed by atoms with Crippen LogP contribution in [0.4, 0.5) is 0 Å². The van der Waals surface area contributed by atoms with Gasteiger partial charge in [0.05, 0.1) is 0 Å². The number of hydrogen-bond donors (Lipinski definition) is 2. The molecule has 0 aliphatic rings. The first kappa shape index (κ1) is 14.7. The molecule has 1 aromatic carbocycles. The Morgan fingerprint density at radius 3 is 2.00 bits per heavy atom. The summed E-state index contributed by atoms with van der Waals surface area (Å²) in [7, 11) is 0. The van der Waals surface area contributed by atoms with E-state index in [1.165, 1.54) is 0 Å². The van der Waals surface area contributed by atoms with Crippen LogP contribution in [0.1, 0.15) is 28.8 Å². The molecule has 0 aromatic heterocycles. The summed E-state index contributed by atoms with van der Waals surface area (Å²) in [5, 5.41) is 17.7. The lowest BCUT2D eigenvalue weighted by atomic mass is 10.1. The molecule has 0 atom stereocenters. The molecule has 0 unspecified atom stereocenters. The van der Waals surface area contributed by atoms with Crippen molar-refractivity contribution in [3.8, 4) is 0 Å². The van der Waals surface area contributed by atoms with E-state index in [1.807, 2.05) is 31.2 Å². The zero-order valence-corrected chi connectivity index (χ0v) is 10.8. The molecular formula is C14H21NO3. The fourth-order valence-corrected chi connectivity index (χ4v) is 1.72. The van der Waals surface area contributed by atoms with E-state index in [0.717, 1.165) is 5.56 Å². The van der Waals surface area contributed by atoms with Crippen molar-refractivity contribution in [3.05, 3.63) is 35.4 Å². The van der Waals surface area contributed by atoms with Crippen molar-refractivity contribution in [2.45, 2.75) is 19.8 Å². The van der Waals surface area contributed by atoms with Gasteiger partial charge >= 0.3 is 0 Å². The van der Waals surface area contributed by atoms with Gasteiger partial charge in [0.15, 0.2) is 0 Å². The van der Waals surface area contributed by atoms with Crippen LogP contribution in [0.2, 0.25) is 0 Å². The van der Waals surface area contributed by atoms with Gasteiger partial charge in [-0.2, -0.15) is 0 Å². The standard InChI is InChI=1S/C14H21NO3/c1-12-4-6-13(7-5-12)14(18)15(8-2-10-16)9-3-11-17/h4-7,16-17H,2-3,8-11H2,1H3. The predicted octanol–water partition coefficient (Wildman–Crippen LogP) is 1.20. The Hall–Kier alpha value is -1.39. The Bertz CT molecular complexity index is 354. The van der Waals surface area contributed by atoms with Crippen LogP contribution in [0.3, 0.4) is 0 Å². The molecule has 1 aromatic rings. The topological polar surface area (TPSA) is 60.8 Å². The SMILES string of the molecule is Cc1ccc(C(=O)N(CCCO)CCCO)cc1. The number of hydrogen-bond acceptors (Lipinski definition) is 3. The Morgan fingerprint density at radius 1 is 1.06 bits per heavy atom. The van der Waals surface area contributed by atoms with E-state index in [2.05, 4.69) is 0 Å².